The molecule has 0 aliphatic carbocycles. The van der Waals surface area contributed by atoms with Crippen molar-refractivity contribution in [2.45, 2.75) is 32.6 Å². The van der Waals surface area contributed by atoms with E-state index in [4.69, 9.17) is 0 Å². The lowest BCUT2D eigenvalue weighted by Crippen LogP contribution is -2.34. The molecular formula is C21H25N. The summed E-state index contributed by atoms with van der Waals surface area (Å²) in [6.45, 7) is 8.03. The van der Waals surface area contributed by atoms with Crippen LogP contribution in [-0.4, -0.2) is 13.6 Å². The van der Waals surface area contributed by atoms with Gasteiger partial charge in [0.1, 0.15) is 0 Å². The van der Waals surface area contributed by atoms with E-state index in [0.717, 1.165) is 6.54 Å². The van der Waals surface area contributed by atoms with Gasteiger partial charge in [-0.1, -0.05) is 62.4 Å². The topological polar surface area (TPSA) is 3.24 Å². The van der Waals surface area contributed by atoms with Crippen molar-refractivity contribution in [3.8, 4) is 0 Å². The van der Waals surface area contributed by atoms with Crippen molar-refractivity contribution in [2.24, 2.45) is 0 Å². The standard InChI is InChI=1S/C21H25N/c1-16(14-17-8-6-5-7-9-17)18-10-11-19-20(15-18)22(4)13-12-21(19,2)3/h5-11,14-15H,12-13H2,1-4H3/b16-14+. The van der Waals surface area contributed by atoms with Crippen LogP contribution in [0.1, 0.15) is 43.9 Å². The molecule has 0 atom stereocenters. The lowest BCUT2D eigenvalue weighted by molar-refractivity contribution is 0.462. The number of allylic oxidation sites excluding steroid dienone is 1. The molecule has 2 aromatic carbocycles. The van der Waals surface area contributed by atoms with Gasteiger partial charge in [-0.2, -0.15) is 0 Å². The Morgan fingerprint density at radius 3 is 2.55 bits per heavy atom. The molecule has 1 aliphatic heterocycles. The lowest BCUT2D eigenvalue weighted by Gasteiger charge is -2.38. The van der Waals surface area contributed by atoms with E-state index in [9.17, 15) is 0 Å². The van der Waals surface area contributed by atoms with Gasteiger partial charge in [0.25, 0.3) is 0 Å². The first-order chi connectivity index (χ1) is 10.5. The van der Waals surface area contributed by atoms with Crippen molar-refractivity contribution in [1.82, 2.24) is 0 Å². The van der Waals surface area contributed by atoms with E-state index < -0.39 is 0 Å². The normalized spacial score (nSPS) is 17.3. The van der Waals surface area contributed by atoms with Gasteiger partial charge in [0.05, 0.1) is 0 Å². The summed E-state index contributed by atoms with van der Waals surface area (Å²) in [6.07, 6.45) is 3.48. The highest BCUT2D eigenvalue weighted by Gasteiger charge is 2.29. The van der Waals surface area contributed by atoms with Crippen LogP contribution in [0.25, 0.3) is 11.6 Å². The van der Waals surface area contributed by atoms with Crippen molar-refractivity contribution in [2.75, 3.05) is 18.5 Å². The van der Waals surface area contributed by atoms with E-state index in [1.807, 2.05) is 0 Å². The zero-order chi connectivity index (χ0) is 15.7. The van der Waals surface area contributed by atoms with Crippen LogP contribution in [0, 0.1) is 0 Å². The summed E-state index contributed by atoms with van der Waals surface area (Å²) in [4.78, 5) is 2.39. The molecule has 114 valence electrons. The Hall–Kier alpha value is -2.02. The summed E-state index contributed by atoms with van der Waals surface area (Å²) in [7, 11) is 2.20. The first kappa shape index (κ1) is 14.9. The number of nitrogens with zero attached hydrogens (tertiary/aromatic N) is 1. The van der Waals surface area contributed by atoms with Gasteiger partial charge >= 0.3 is 0 Å². The molecule has 22 heavy (non-hydrogen) atoms. The summed E-state index contributed by atoms with van der Waals surface area (Å²) in [5.74, 6) is 0. The number of hydrogen-bond donors (Lipinski definition) is 0. The summed E-state index contributed by atoms with van der Waals surface area (Å²) >= 11 is 0. The van der Waals surface area contributed by atoms with Crippen LogP contribution in [0.3, 0.4) is 0 Å². The summed E-state index contributed by atoms with van der Waals surface area (Å²) in [5.41, 5.74) is 7.01. The van der Waals surface area contributed by atoms with Gasteiger partial charge in [-0.25, -0.2) is 0 Å². The summed E-state index contributed by atoms with van der Waals surface area (Å²) in [5, 5.41) is 0. The van der Waals surface area contributed by atoms with Crippen molar-refractivity contribution >= 4 is 17.3 Å². The highest BCUT2D eigenvalue weighted by atomic mass is 15.1. The Kier molecular flexibility index (Phi) is 3.82. The maximum absolute atomic E-state index is 2.39. The zero-order valence-corrected chi connectivity index (χ0v) is 14.1. The molecule has 0 N–H and O–H groups in total. The second-order valence-corrected chi connectivity index (χ2v) is 7.03. The van der Waals surface area contributed by atoms with Crippen molar-refractivity contribution in [1.29, 1.82) is 0 Å². The Balaban J connectivity index is 2.00. The summed E-state index contributed by atoms with van der Waals surface area (Å²) < 4.78 is 0. The van der Waals surface area contributed by atoms with Crippen LogP contribution < -0.4 is 4.90 Å². The maximum atomic E-state index is 2.39. The van der Waals surface area contributed by atoms with E-state index >= 15 is 0 Å². The molecule has 0 saturated carbocycles. The average molecular weight is 291 g/mol. The van der Waals surface area contributed by atoms with Crippen LogP contribution in [0.2, 0.25) is 0 Å². The molecule has 0 fully saturated rings. The lowest BCUT2D eigenvalue weighted by atomic mass is 9.77. The van der Waals surface area contributed by atoms with Crippen molar-refractivity contribution in [3.05, 3.63) is 65.2 Å². The maximum Gasteiger partial charge on any atom is 0.0407 e. The SMILES string of the molecule is C/C(=C\c1ccccc1)c1ccc2c(c1)N(C)CCC2(C)C. The van der Waals surface area contributed by atoms with Crippen molar-refractivity contribution < 1.29 is 0 Å². The molecule has 1 aliphatic rings. The number of anilines is 1. The fraction of sp³-hybridized carbons (Fsp3) is 0.333. The van der Waals surface area contributed by atoms with Crippen molar-refractivity contribution in [3.63, 3.8) is 0 Å². The quantitative estimate of drug-likeness (QED) is 0.673. The third-order valence-electron chi connectivity index (χ3n) is 4.85. The molecule has 0 amide bonds. The average Bonchev–Trinajstić information content (AvgIpc) is 2.52. The molecule has 0 bridgehead atoms. The smallest absolute Gasteiger partial charge is 0.0407 e. The monoisotopic (exact) mass is 291 g/mol. The van der Waals surface area contributed by atoms with E-state index in [1.54, 1.807) is 0 Å². The van der Waals surface area contributed by atoms with Gasteiger partial charge in [0.2, 0.25) is 0 Å². The van der Waals surface area contributed by atoms with Gasteiger partial charge < -0.3 is 4.90 Å². The van der Waals surface area contributed by atoms with Crippen LogP contribution in [0.5, 0.6) is 0 Å². The first-order valence-electron chi connectivity index (χ1n) is 8.07. The van der Waals surface area contributed by atoms with Gasteiger partial charge in [-0.05, 0) is 47.1 Å². The predicted molar refractivity (Wildman–Crippen MR) is 97.3 cm³/mol. The number of benzene rings is 2. The number of fused-ring (bicyclic) bond motifs is 1. The highest BCUT2D eigenvalue weighted by Crippen LogP contribution is 2.40. The minimum absolute atomic E-state index is 0.275. The van der Waals surface area contributed by atoms with E-state index in [-0.39, 0.29) is 5.41 Å². The minimum atomic E-state index is 0.275. The van der Waals surface area contributed by atoms with Gasteiger partial charge in [0.15, 0.2) is 0 Å². The second-order valence-electron chi connectivity index (χ2n) is 7.03. The Bertz CT molecular complexity index is 695. The molecular weight excluding hydrogens is 266 g/mol. The molecule has 1 heteroatoms. The number of rotatable bonds is 2. The third-order valence-corrected chi connectivity index (χ3v) is 4.85. The molecule has 0 spiro atoms. The Labute approximate surface area is 134 Å². The van der Waals surface area contributed by atoms with Gasteiger partial charge in [-0.15, -0.1) is 0 Å². The second kappa shape index (κ2) is 5.64. The van der Waals surface area contributed by atoms with E-state index in [0.29, 0.717) is 0 Å². The minimum Gasteiger partial charge on any atom is -0.374 e. The van der Waals surface area contributed by atoms with Crippen LogP contribution in [0.15, 0.2) is 48.5 Å². The van der Waals surface area contributed by atoms with Crippen LogP contribution in [0.4, 0.5) is 5.69 Å². The van der Waals surface area contributed by atoms with Gasteiger partial charge in [0, 0.05) is 19.3 Å². The zero-order valence-electron chi connectivity index (χ0n) is 14.1. The Morgan fingerprint density at radius 1 is 1.09 bits per heavy atom. The highest BCUT2D eigenvalue weighted by molar-refractivity contribution is 5.82. The van der Waals surface area contributed by atoms with Crippen LogP contribution >= 0.6 is 0 Å². The third kappa shape index (κ3) is 2.81. The molecule has 0 unspecified atom stereocenters. The predicted octanol–water partition coefficient (Wildman–Crippen LogP) is 5.36. The molecule has 1 nitrogen and oxygen atoms in total. The van der Waals surface area contributed by atoms with E-state index in [2.05, 4.69) is 87.3 Å². The molecule has 0 radical (unpaired) electrons. The van der Waals surface area contributed by atoms with E-state index in [1.165, 1.54) is 34.4 Å². The molecule has 1 heterocycles. The first-order valence-corrected chi connectivity index (χ1v) is 8.07. The molecule has 0 aromatic heterocycles. The number of hydrogen-bond acceptors (Lipinski definition) is 1. The molecule has 3 rings (SSSR count). The summed E-state index contributed by atoms with van der Waals surface area (Å²) in [6, 6.07) is 17.5. The fourth-order valence-electron chi connectivity index (χ4n) is 3.25. The fourth-order valence-corrected chi connectivity index (χ4v) is 3.25. The molecule has 2 aromatic rings. The van der Waals surface area contributed by atoms with Gasteiger partial charge in [-0.3, -0.25) is 0 Å². The Morgan fingerprint density at radius 2 is 1.82 bits per heavy atom. The molecule has 0 saturated heterocycles. The van der Waals surface area contributed by atoms with Crippen LogP contribution in [-0.2, 0) is 5.41 Å². The largest absolute Gasteiger partial charge is 0.374 e.